The van der Waals surface area contributed by atoms with Crippen molar-refractivity contribution in [2.45, 2.75) is 38.8 Å². The zero-order valence-corrected chi connectivity index (χ0v) is 10.4. The van der Waals surface area contributed by atoms with Crippen LogP contribution in [-0.4, -0.2) is 29.5 Å². The Morgan fingerprint density at radius 1 is 1.56 bits per heavy atom. The fraction of sp³-hybridized carbons (Fsp3) is 0.583. The van der Waals surface area contributed by atoms with Crippen molar-refractivity contribution in [2.75, 3.05) is 6.54 Å². The number of carbonyl (C=O) groups is 1. The summed E-state index contributed by atoms with van der Waals surface area (Å²) < 4.78 is 25.9. The third-order valence-corrected chi connectivity index (χ3v) is 2.65. The normalized spacial score (nSPS) is 12.7. The van der Waals surface area contributed by atoms with Gasteiger partial charge in [0.05, 0.1) is 6.54 Å². The quantitative estimate of drug-likeness (QED) is 0.781. The zero-order chi connectivity index (χ0) is 13.5. The van der Waals surface area contributed by atoms with Crippen LogP contribution in [0, 0.1) is 0 Å². The Labute approximate surface area is 105 Å². The minimum atomic E-state index is -2.48. The SMILES string of the molecule is CCCC(CN)NC(=O)c1cccn1CC(F)F. The largest absolute Gasteiger partial charge is 0.347 e. The average molecular weight is 259 g/mol. The first-order chi connectivity index (χ1) is 8.58. The van der Waals surface area contributed by atoms with Gasteiger partial charge in [-0.1, -0.05) is 13.3 Å². The van der Waals surface area contributed by atoms with Crippen molar-refractivity contribution in [1.29, 1.82) is 0 Å². The van der Waals surface area contributed by atoms with Gasteiger partial charge in [-0.2, -0.15) is 0 Å². The molecule has 0 aliphatic heterocycles. The summed E-state index contributed by atoms with van der Waals surface area (Å²) in [7, 11) is 0. The molecule has 0 fully saturated rings. The van der Waals surface area contributed by atoms with Crippen LogP contribution >= 0.6 is 0 Å². The highest BCUT2D eigenvalue weighted by atomic mass is 19.3. The minimum absolute atomic E-state index is 0.114. The molecule has 102 valence electrons. The molecule has 1 rings (SSSR count). The molecule has 0 radical (unpaired) electrons. The maximum absolute atomic E-state index is 12.3. The third-order valence-electron chi connectivity index (χ3n) is 2.65. The fourth-order valence-electron chi connectivity index (χ4n) is 1.78. The lowest BCUT2D eigenvalue weighted by atomic mass is 10.1. The molecule has 1 aromatic rings. The van der Waals surface area contributed by atoms with Crippen LogP contribution in [0.25, 0.3) is 0 Å². The molecule has 4 nitrogen and oxygen atoms in total. The first kappa shape index (κ1) is 14.6. The first-order valence-electron chi connectivity index (χ1n) is 6.02. The molecule has 18 heavy (non-hydrogen) atoms. The van der Waals surface area contributed by atoms with E-state index >= 15 is 0 Å². The number of aromatic nitrogens is 1. The monoisotopic (exact) mass is 259 g/mol. The van der Waals surface area contributed by atoms with Crippen molar-refractivity contribution in [3.8, 4) is 0 Å². The van der Waals surface area contributed by atoms with E-state index in [0.29, 0.717) is 6.54 Å². The highest BCUT2D eigenvalue weighted by Gasteiger charge is 2.16. The smallest absolute Gasteiger partial charge is 0.268 e. The molecule has 1 aromatic heterocycles. The summed E-state index contributed by atoms with van der Waals surface area (Å²) in [5.74, 6) is -0.357. The molecule has 1 unspecified atom stereocenters. The number of nitrogens with one attached hydrogen (secondary N) is 1. The summed E-state index contributed by atoms with van der Waals surface area (Å²) in [6, 6.07) is 2.99. The second-order valence-electron chi connectivity index (χ2n) is 4.13. The number of halogens is 2. The molecule has 0 aromatic carbocycles. The molecule has 3 N–H and O–H groups in total. The Morgan fingerprint density at radius 2 is 2.28 bits per heavy atom. The predicted molar refractivity (Wildman–Crippen MR) is 65.7 cm³/mol. The number of hydrogen-bond donors (Lipinski definition) is 2. The van der Waals surface area contributed by atoms with E-state index in [9.17, 15) is 13.6 Å². The Balaban J connectivity index is 2.68. The van der Waals surface area contributed by atoms with E-state index in [0.717, 1.165) is 12.8 Å². The predicted octanol–water partition coefficient (Wildman–Crippen LogP) is 1.61. The van der Waals surface area contributed by atoms with E-state index in [-0.39, 0.29) is 17.6 Å². The zero-order valence-electron chi connectivity index (χ0n) is 10.4. The number of nitrogens with two attached hydrogens (primary N) is 1. The van der Waals surface area contributed by atoms with Crippen molar-refractivity contribution in [3.05, 3.63) is 24.0 Å². The fourth-order valence-corrected chi connectivity index (χ4v) is 1.78. The molecule has 0 saturated carbocycles. The van der Waals surface area contributed by atoms with E-state index in [2.05, 4.69) is 5.32 Å². The Kier molecular flexibility index (Phi) is 5.77. The molecule has 6 heteroatoms. The van der Waals surface area contributed by atoms with E-state index in [1.165, 1.54) is 16.8 Å². The summed E-state index contributed by atoms with van der Waals surface area (Å²) in [5, 5.41) is 2.75. The molecule has 0 spiro atoms. The van der Waals surface area contributed by atoms with Gasteiger partial charge < -0.3 is 15.6 Å². The first-order valence-corrected chi connectivity index (χ1v) is 6.02. The maximum atomic E-state index is 12.3. The summed E-state index contributed by atoms with van der Waals surface area (Å²) in [5.41, 5.74) is 5.78. The van der Waals surface area contributed by atoms with Gasteiger partial charge in [0.25, 0.3) is 12.3 Å². The highest BCUT2D eigenvalue weighted by molar-refractivity contribution is 5.92. The van der Waals surface area contributed by atoms with Gasteiger partial charge in [0.1, 0.15) is 5.69 Å². The van der Waals surface area contributed by atoms with Crippen LogP contribution in [0.2, 0.25) is 0 Å². The van der Waals surface area contributed by atoms with Crippen LogP contribution in [0.15, 0.2) is 18.3 Å². The molecule has 1 heterocycles. The summed E-state index contributed by atoms with van der Waals surface area (Å²) in [6.45, 7) is 1.86. The van der Waals surface area contributed by atoms with Gasteiger partial charge in [-0.15, -0.1) is 0 Å². The number of hydrogen-bond acceptors (Lipinski definition) is 2. The molecular weight excluding hydrogens is 240 g/mol. The summed E-state index contributed by atoms with van der Waals surface area (Å²) >= 11 is 0. The number of rotatable bonds is 7. The van der Waals surface area contributed by atoms with Crippen molar-refractivity contribution in [3.63, 3.8) is 0 Å². The van der Waals surface area contributed by atoms with Crippen LogP contribution in [0.1, 0.15) is 30.3 Å². The van der Waals surface area contributed by atoms with Gasteiger partial charge in [0.2, 0.25) is 0 Å². The minimum Gasteiger partial charge on any atom is -0.347 e. The maximum Gasteiger partial charge on any atom is 0.268 e. The van der Waals surface area contributed by atoms with Gasteiger partial charge in [-0.3, -0.25) is 4.79 Å². The molecule has 0 aliphatic rings. The molecule has 0 aliphatic carbocycles. The Bertz CT molecular complexity index is 379. The van der Waals surface area contributed by atoms with Crippen molar-refractivity contribution in [1.82, 2.24) is 9.88 Å². The van der Waals surface area contributed by atoms with Gasteiger partial charge in [-0.25, -0.2) is 8.78 Å². The van der Waals surface area contributed by atoms with Crippen molar-refractivity contribution >= 4 is 5.91 Å². The van der Waals surface area contributed by atoms with E-state index < -0.39 is 13.0 Å². The number of alkyl halides is 2. The van der Waals surface area contributed by atoms with E-state index in [1.807, 2.05) is 6.92 Å². The third kappa shape index (κ3) is 4.10. The Hall–Kier alpha value is -1.43. The molecule has 0 saturated heterocycles. The molecule has 1 amide bonds. The number of amides is 1. The second kappa shape index (κ2) is 7.10. The topological polar surface area (TPSA) is 60.0 Å². The van der Waals surface area contributed by atoms with Crippen LogP contribution in [0.4, 0.5) is 8.78 Å². The van der Waals surface area contributed by atoms with Crippen LogP contribution in [-0.2, 0) is 6.54 Å². The van der Waals surface area contributed by atoms with Gasteiger partial charge in [0.15, 0.2) is 0 Å². The van der Waals surface area contributed by atoms with E-state index in [1.54, 1.807) is 6.07 Å². The summed E-state index contributed by atoms with van der Waals surface area (Å²) in [4.78, 5) is 11.9. The van der Waals surface area contributed by atoms with Crippen LogP contribution in [0.3, 0.4) is 0 Å². The number of carbonyl (C=O) groups excluding carboxylic acids is 1. The molecule has 1 atom stereocenters. The van der Waals surface area contributed by atoms with Gasteiger partial charge in [0, 0.05) is 18.8 Å². The Morgan fingerprint density at radius 3 is 2.83 bits per heavy atom. The second-order valence-corrected chi connectivity index (χ2v) is 4.13. The summed E-state index contributed by atoms with van der Waals surface area (Å²) in [6.07, 6.45) is 0.668. The van der Waals surface area contributed by atoms with Crippen molar-refractivity contribution < 1.29 is 13.6 Å². The average Bonchev–Trinajstić information content (AvgIpc) is 2.75. The lowest BCUT2D eigenvalue weighted by Crippen LogP contribution is -2.40. The number of nitrogens with zero attached hydrogens (tertiary/aromatic N) is 1. The van der Waals surface area contributed by atoms with Gasteiger partial charge in [-0.05, 0) is 18.6 Å². The highest BCUT2D eigenvalue weighted by Crippen LogP contribution is 2.07. The van der Waals surface area contributed by atoms with Gasteiger partial charge >= 0.3 is 0 Å². The van der Waals surface area contributed by atoms with Crippen molar-refractivity contribution in [2.24, 2.45) is 5.73 Å². The lowest BCUT2D eigenvalue weighted by molar-refractivity contribution is 0.0913. The van der Waals surface area contributed by atoms with E-state index in [4.69, 9.17) is 5.73 Å². The molecule has 0 bridgehead atoms. The lowest BCUT2D eigenvalue weighted by Gasteiger charge is -2.16. The van der Waals surface area contributed by atoms with Crippen LogP contribution in [0.5, 0.6) is 0 Å². The standard InChI is InChI=1S/C12H19F2N3O/c1-2-4-9(7-15)16-12(18)10-5-3-6-17(10)8-11(13)14/h3,5-6,9,11H,2,4,7-8,15H2,1H3,(H,16,18). The molecular formula is C12H19F2N3O. The van der Waals surface area contributed by atoms with Crippen LogP contribution < -0.4 is 11.1 Å².